The van der Waals surface area contributed by atoms with Gasteiger partial charge in [-0.1, -0.05) is 103 Å². The van der Waals surface area contributed by atoms with Crippen LogP contribution in [0.15, 0.2) is 91.0 Å². The van der Waals surface area contributed by atoms with E-state index in [9.17, 15) is 0 Å². The summed E-state index contributed by atoms with van der Waals surface area (Å²) in [6.07, 6.45) is 0. The maximum absolute atomic E-state index is 5.25. The molecule has 0 spiro atoms. The highest BCUT2D eigenvalue weighted by molar-refractivity contribution is 7.97. The molecule has 0 saturated carbocycles. The largest absolute Gasteiger partial charge is 0.0887 e. The topological polar surface area (TPSA) is 0 Å². The second-order valence-corrected chi connectivity index (χ2v) is 8.58. The van der Waals surface area contributed by atoms with Crippen LogP contribution in [-0.4, -0.2) is 11.2 Å². The van der Waals surface area contributed by atoms with Crippen molar-refractivity contribution in [2.24, 2.45) is 0 Å². The van der Waals surface area contributed by atoms with Crippen LogP contribution in [0.3, 0.4) is 0 Å². The average molecular weight is 320 g/mol. The van der Waals surface area contributed by atoms with Gasteiger partial charge in [-0.2, -0.15) is 0 Å². The molecule has 2 heteroatoms. The lowest BCUT2D eigenvalue weighted by Gasteiger charge is -2.28. The summed E-state index contributed by atoms with van der Waals surface area (Å²) in [6, 6.07) is 32.1. The minimum Gasteiger partial charge on any atom is -0.0887 e. The average Bonchev–Trinajstić information content (AvgIpc) is 2.62. The lowest BCUT2D eigenvalue weighted by molar-refractivity contribution is 1.73. The summed E-state index contributed by atoms with van der Waals surface area (Å²) in [7, 11) is 0. The fourth-order valence-corrected chi connectivity index (χ4v) is 6.85. The van der Waals surface area contributed by atoms with Crippen LogP contribution in [0.2, 0.25) is 0 Å². The van der Waals surface area contributed by atoms with Crippen molar-refractivity contribution >= 4 is 46.2 Å². The van der Waals surface area contributed by atoms with Gasteiger partial charge in [0.15, 0.2) is 0 Å². The normalized spacial score (nSPS) is 10.9. The van der Waals surface area contributed by atoms with E-state index in [1.54, 1.807) is 5.37 Å². The highest BCUT2D eigenvalue weighted by atomic mass is 32.1. The summed E-state index contributed by atoms with van der Waals surface area (Å²) >= 11 is 5.25. The summed E-state index contributed by atoms with van der Waals surface area (Å²) in [5.41, 5.74) is 0. The second kappa shape index (κ2) is 6.87. The van der Waals surface area contributed by atoms with Gasteiger partial charge >= 0.3 is 0 Å². The van der Waals surface area contributed by atoms with Crippen LogP contribution in [-0.2, 0) is 0 Å². The number of hydrogen-bond donors (Lipinski definition) is 0. The number of rotatable bonds is 4. The van der Waals surface area contributed by atoms with Crippen LogP contribution < -0.4 is 15.9 Å². The van der Waals surface area contributed by atoms with E-state index in [1.807, 2.05) is 0 Å². The molecule has 0 fully saturated rings. The predicted octanol–water partition coefficient (Wildman–Crippen LogP) is 3.78. The minimum atomic E-state index is -1.84. The van der Waals surface area contributed by atoms with Crippen molar-refractivity contribution in [3.8, 4) is 0 Å². The Hall–Kier alpha value is -1.95. The summed E-state index contributed by atoms with van der Waals surface area (Å²) in [6.45, 7) is -1.84. The molecule has 0 unspecified atom stereocenters. The van der Waals surface area contributed by atoms with E-state index in [0.29, 0.717) is 0 Å². The Bertz CT molecular complexity index is 689. The molecule has 3 aromatic rings. The highest BCUT2D eigenvalue weighted by Crippen LogP contribution is 2.43. The molecule has 108 valence electrons. The van der Waals surface area contributed by atoms with Crippen LogP contribution in [0.4, 0.5) is 0 Å². The van der Waals surface area contributed by atoms with E-state index in [0.717, 1.165) is 0 Å². The molecule has 0 aliphatic rings. The number of hydrogen-bond acceptors (Lipinski definition) is 1. The fraction of sp³-hybridized carbons (Fsp3) is 0. The molecule has 0 aliphatic heterocycles. The highest BCUT2D eigenvalue weighted by Gasteiger charge is 2.23. The smallest absolute Gasteiger partial charge is 0.00242 e. The molecule has 22 heavy (non-hydrogen) atoms. The van der Waals surface area contributed by atoms with E-state index >= 15 is 0 Å². The molecule has 3 rings (SSSR count). The van der Waals surface area contributed by atoms with Crippen molar-refractivity contribution in [2.45, 2.75) is 0 Å². The lowest BCUT2D eigenvalue weighted by Crippen LogP contribution is -2.27. The van der Waals surface area contributed by atoms with E-state index < -0.39 is 6.89 Å². The van der Waals surface area contributed by atoms with Gasteiger partial charge in [-0.05, 0) is 28.6 Å². The summed E-state index contributed by atoms with van der Waals surface area (Å²) in [4.78, 5) is 0. The fourth-order valence-electron chi connectivity index (χ4n) is 2.79. The molecular weight excluding hydrogens is 303 g/mol. The van der Waals surface area contributed by atoms with Gasteiger partial charge in [-0.25, -0.2) is 0 Å². The Morgan fingerprint density at radius 1 is 0.545 bits per heavy atom. The SMILES string of the molecule is S=CC=P(c1ccccc1)(c1ccccc1)c1ccccc1. The van der Waals surface area contributed by atoms with Crippen molar-refractivity contribution in [1.82, 2.24) is 0 Å². The van der Waals surface area contributed by atoms with Gasteiger partial charge in [0.1, 0.15) is 0 Å². The van der Waals surface area contributed by atoms with Crippen LogP contribution >= 0.6 is 19.1 Å². The molecule has 0 nitrogen and oxygen atoms in total. The van der Waals surface area contributed by atoms with Crippen LogP contribution in [0.5, 0.6) is 0 Å². The van der Waals surface area contributed by atoms with Crippen LogP contribution in [0.1, 0.15) is 0 Å². The molecule has 0 aliphatic carbocycles. The van der Waals surface area contributed by atoms with Crippen molar-refractivity contribution in [3.63, 3.8) is 0 Å². The molecule has 0 N–H and O–H groups in total. The maximum Gasteiger partial charge on any atom is 0.00242 e. The Balaban J connectivity index is 2.40. The lowest BCUT2D eigenvalue weighted by atomic mass is 10.4. The molecule has 0 bridgehead atoms. The van der Waals surface area contributed by atoms with Crippen molar-refractivity contribution < 1.29 is 0 Å². The van der Waals surface area contributed by atoms with E-state index in [1.165, 1.54) is 15.9 Å². The standard InChI is InChI=1S/C20H17PS/c22-17-16-21(18-10-4-1-5-11-18,19-12-6-2-7-13-19)20-14-8-3-9-15-20/h1-17H. The molecule has 0 saturated heterocycles. The zero-order valence-corrected chi connectivity index (χ0v) is 13.9. The van der Waals surface area contributed by atoms with Crippen LogP contribution in [0, 0.1) is 0 Å². The first-order valence-electron chi connectivity index (χ1n) is 7.23. The zero-order chi connectivity index (χ0) is 15.3. The third-order valence-electron chi connectivity index (χ3n) is 3.77. The monoisotopic (exact) mass is 320 g/mol. The van der Waals surface area contributed by atoms with Crippen LogP contribution in [0.25, 0.3) is 0 Å². The first-order chi connectivity index (χ1) is 10.9. The van der Waals surface area contributed by atoms with Gasteiger partial charge < -0.3 is 0 Å². The van der Waals surface area contributed by atoms with E-state index in [4.69, 9.17) is 12.2 Å². The Labute approximate surface area is 137 Å². The third kappa shape index (κ3) is 2.70. The van der Waals surface area contributed by atoms with Gasteiger partial charge in [0, 0.05) is 5.37 Å². The van der Waals surface area contributed by atoms with Gasteiger partial charge in [0.25, 0.3) is 0 Å². The second-order valence-electron chi connectivity index (χ2n) is 5.01. The number of benzene rings is 3. The van der Waals surface area contributed by atoms with Gasteiger partial charge in [-0.15, -0.1) is 0 Å². The molecule has 3 aromatic carbocycles. The Morgan fingerprint density at radius 3 is 1.14 bits per heavy atom. The zero-order valence-electron chi connectivity index (χ0n) is 12.2. The van der Waals surface area contributed by atoms with Crippen molar-refractivity contribution in [1.29, 1.82) is 0 Å². The van der Waals surface area contributed by atoms with Gasteiger partial charge in [0.05, 0.1) is 0 Å². The first kappa shape index (κ1) is 15.0. The quantitative estimate of drug-likeness (QED) is 0.521. The van der Waals surface area contributed by atoms with E-state index in [-0.39, 0.29) is 0 Å². The maximum atomic E-state index is 5.25. The first-order valence-corrected chi connectivity index (χ1v) is 9.56. The predicted molar refractivity (Wildman–Crippen MR) is 105 cm³/mol. The molecule has 0 radical (unpaired) electrons. The van der Waals surface area contributed by atoms with Crippen molar-refractivity contribution in [2.75, 3.05) is 0 Å². The molecule has 0 amide bonds. The molecule has 0 heterocycles. The summed E-state index contributed by atoms with van der Waals surface area (Å²) in [5.74, 6) is 2.22. The Kier molecular flexibility index (Phi) is 4.68. The molecular formula is C20H17PS. The van der Waals surface area contributed by atoms with Gasteiger partial charge in [0.2, 0.25) is 0 Å². The third-order valence-corrected chi connectivity index (χ3v) is 8.05. The molecule has 0 aromatic heterocycles. The van der Waals surface area contributed by atoms with Crippen molar-refractivity contribution in [3.05, 3.63) is 91.0 Å². The Morgan fingerprint density at radius 2 is 0.864 bits per heavy atom. The summed E-state index contributed by atoms with van der Waals surface area (Å²) < 4.78 is 0. The van der Waals surface area contributed by atoms with Gasteiger partial charge in [-0.3, -0.25) is 0 Å². The van der Waals surface area contributed by atoms with E-state index in [2.05, 4.69) is 96.8 Å². The molecule has 0 atom stereocenters. The number of thiocarbonyl (C=S) groups is 1. The summed E-state index contributed by atoms with van der Waals surface area (Å²) in [5, 5.41) is 5.76. The minimum absolute atomic E-state index is 1.33.